The Balaban J connectivity index is 1.87. The van der Waals surface area contributed by atoms with Gasteiger partial charge in [0.2, 0.25) is 0 Å². The van der Waals surface area contributed by atoms with Crippen molar-refractivity contribution < 1.29 is 9.90 Å². The molecule has 2 aromatic rings. The van der Waals surface area contributed by atoms with Crippen molar-refractivity contribution in [1.29, 1.82) is 0 Å². The van der Waals surface area contributed by atoms with Crippen LogP contribution in [-0.4, -0.2) is 27.5 Å². The Kier molecular flexibility index (Phi) is 4.59. The number of aliphatic hydroxyl groups excluding tert-OH is 1. The molecule has 0 aliphatic rings. The molecule has 1 unspecified atom stereocenters. The lowest BCUT2D eigenvalue weighted by Crippen LogP contribution is -2.32. The molecule has 2 amide bonds. The normalized spacial score (nSPS) is 12.0. The third kappa shape index (κ3) is 4.06. The summed E-state index contributed by atoms with van der Waals surface area (Å²) >= 11 is 0. The monoisotopic (exact) mass is 288 g/mol. The molecule has 0 aliphatic carbocycles. The molecule has 0 aliphatic heterocycles. The smallest absolute Gasteiger partial charge is 0.319 e. The van der Waals surface area contributed by atoms with E-state index >= 15 is 0 Å². The number of carbonyl (C=O) groups excluding carboxylic acids is 1. The van der Waals surface area contributed by atoms with Crippen LogP contribution in [0.2, 0.25) is 0 Å². The van der Waals surface area contributed by atoms with Gasteiger partial charge in [-0.05, 0) is 25.5 Å². The summed E-state index contributed by atoms with van der Waals surface area (Å²) in [5, 5.41) is 19.3. The number of nitrogens with zero attached hydrogens (tertiary/aromatic N) is 2. The molecule has 1 aromatic carbocycles. The van der Waals surface area contributed by atoms with Gasteiger partial charge in [-0.1, -0.05) is 17.7 Å². The molecule has 21 heavy (non-hydrogen) atoms. The first kappa shape index (κ1) is 15.1. The standard InChI is InChI=1S/C15H20N4O2/c1-10-4-5-13(11(2)6-10)18-15(21)16-8-14(20)12-7-17-19(3)9-12/h4-7,9,14,20H,8H2,1-3H3,(H2,16,18,21). The van der Waals surface area contributed by atoms with E-state index in [-0.39, 0.29) is 12.6 Å². The van der Waals surface area contributed by atoms with E-state index in [1.54, 1.807) is 24.1 Å². The van der Waals surface area contributed by atoms with Gasteiger partial charge in [-0.15, -0.1) is 0 Å². The quantitative estimate of drug-likeness (QED) is 0.804. The van der Waals surface area contributed by atoms with Gasteiger partial charge in [0.05, 0.1) is 12.3 Å². The Morgan fingerprint density at radius 3 is 2.81 bits per heavy atom. The molecule has 1 atom stereocenters. The molecule has 0 saturated carbocycles. The second kappa shape index (κ2) is 6.41. The van der Waals surface area contributed by atoms with Crippen LogP contribution < -0.4 is 10.6 Å². The molecule has 1 heterocycles. The summed E-state index contributed by atoms with van der Waals surface area (Å²) < 4.78 is 1.61. The van der Waals surface area contributed by atoms with Gasteiger partial charge in [0, 0.05) is 31.0 Å². The lowest BCUT2D eigenvalue weighted by molar-refractivity contribution is 0.175. The van der Waals surface area contributed by atoms with E-state index in [0.717, 1.165) is 16.8 Å². The van der Waals surface area contributed by atoms with Crippen LogP contribution in [0.25, 0.3) is 0 Å². The number of anilines is 1. The Morgan fingerprint density at radius 2 is 2.19 bits per heavy atom. The van der Waals surface area contributed by atoms with Gasteiger partial charge in [0.15, 0.2) is 0 Å². The number of rotatable bonds is 4. The molecule has 6 heteroatoms. The minimum Gasteiger partial charge on any atom is -0.386 e. The van der Waals surface area contributed by atoms with E-state index in [4.69, 9.17) is 0 Å². The van der Waals surface area contributed by atoms with E-state index in [1.165, 1.54) is 0 Å². The van der Waals surface area contributed by atoms with E-state index in [9.17, 15) is 9.90 Å². The van der Waals surface area contributed by atoms with Crippen molar-refractivity contribution in [1.82, 2.24) is 15.1 Å². The molecule has 0 fully saturated rings. The van der Waals surface area contributed by atoms with E-state index in [0.29, 0.717) is 5.56 Å². The molecule has 0 spiro atoms. The van der Waals surface area contributed by atoms with E-state index in [1.807, 2.05) is 32.0 Å². The molecular formula is C15H20N4O2. The second-order valence-electron chi connectivity index (χ2n) is 5.12. The Morgan fingerprint density at radius 1 is 1.43 bits per heavy atom. The molecule has 2 rings (SSSR count). The molecular weight excluding hydrogens is 268 g/mol. The van der Waals surface area contributed by atoms with Crippen LogP contribution in [0.1, 0.15) is 22.8 Å². The fraction of sp³-hybridized carbons (Fsp3) is 0.333. The zero-order valence-corrected chi connectivity index (χ0v) is 12.4. The SMILES string of the molecule is Cc1ccc(NC(=O)NCC(O)c2cnn(C)c2)c(C)c1. The summed E-state index contributed by atoms with van der Waals surface area (Å²) in [6, 6.07) is 5.46. The number of urea groups is 1. The van der Waals surface area contributed by atoms with Crippen LogP contribution in [0, 0.1) is 13.8 Å². The second-order valence-corrected chi connectivity index (χ2v) is 5.12. The molecule has 6 nitrogen and oxygen atoms in total. The zero-order chi connectivity index (χ0) is 15.4. The maximum Gasteiger partial charge on any atom is 0.319 e. The summed E-state index contributed by atoms with van der Waals surface area (Å²) in [6.07, 6.45) is 2.52. The van der Waals surface area contributed by atoms with Crippen LogP contribution in [0.4, 0.5) is 10.5 Å². The van der Waals surface area contributed by atoms with Crippen molar-refractivity contribution in [3.05, 3.63) is 47.3 Å². The lowest BCUT2D eigenvalue weighted by atomic mass is 10.1. The predicted octanol–water partition coefficient (Wildman–Crippen LogP) is 1.89. The van der Waals surface area contributed by atoms with Gasteiger partial charge in [-0.25, -0.2) is 4.79 Å². The van der Waals surface area contributed by atoms with E-state index in [2.05, 4.69) is 15.7 Å². The molecule has 112 valence electrons. The highest BCUT2D eigenvalue weighted by atomic mass is 16.3. The number of carbonyl (C=O) groups is 1. The van der Waals surface area contributed by atoms with Gasteiger partial charge >= 0.3 is 6.03 Å². The van der Waals surface area contributed by atoms with Crippen molar-refractivity contribution >= 4 is 11.7 Å². The highest BCUT2D eigenvalue weighted by molar-refractivity contribution is 5.90. The van der Waals surface area contributed by atoms with Crippen LogP contribution in [0.5, 0.6) is 0 Å². The predicted molar refractivity (Wildman–Crippen MR) is 81.1 cm³/mol. The van der Waals surface area contributed by atoms with Crippen LogP contribution in [0.15, 0.2) is 30.6 Å². The first-order valence-electron chi connectivity index (χ1n) is 6.74. The average molecular weight is 288 g/mol. The van der Waals surface area contributed by atoms with Crippen molar-refractivity contribution in [3.8, 4) is 0 Å². The average Bonchev–Trinajstić information content (AvgIpc) is 2.86. The highest BCUT2D eigenvalue weighted by Crippen LogP contribution is 2.16. The number of hydrogen-bond donors (Lipinski definition) is 3. The van der Waals surface area contributed by atoms with Gasteiger partial charge < -0.3 is 15.7 Å². The minimum atomic E-state index is -0.774. The molecule has 0 bridgehead atoms. The topological polar surface area (TPSA) is 79.2 Å². The number of aryl methyl sites for hydroxylation is 3. The van der Waals surface area contributed by atoms with Crippen molar-refractivity contribution in [2.75, 3.05) is 11.9 Å². The third-order valence-electron chi connectivity index (χ3n) is 3.20. The molecule has 0 radical (unpaired) electrons. The first-order valence-corrected chi connectivity index (χ1v) is 6.74. The summed E-state index contributed by atoms with van der Waals surface area (Å²) in [6.45, 7) is 4.07. The van der Waals surface area contributed by atoms with Gasteiger partial charge in [0.1, 0.15) is 0 Å². The maximum absolute atomic E-state index is 11.8. The maximum atomic E-state index is 11.8. The number of nitrogens with one attached hydrogen (secondary N) is 2. The summed E-state index contributed by atoms with van der Waals surface area (Å²) in [7, 11) is 1.77. The number of hydrogen-bond acceptors (Lipinski definition) is 3. The number of aromatic nitrogens is 2. The van der Waals surface area contributed by atoms with Crippen molar-refractivity contribution in [3.63, 3.8) is 0 Å². The van der Waals surface area contributed by atoms with Crippen molar-refractivity contribution in [2.24, 2.45) is 7.05 Å². The lowest BCUT2D eigenvalue weighted by Gasteiger charge is -2.12. The van der Waals surface area contributed by atoms with Gasteiger partial charge in [-0.3, -0.25) is 4.68 Å². The van der Waals surface area contributed by atoms with Gasteiger partial charge in [0.25, 0.3) is 0 Å². The minimum absolute atomic E-state index is 0.127. The molecule has 1 aromatic heterocycles. The largest absolute Gasteiger partial charge is 0.386 e. The number of aliphatic hydroxyl groups is 1. The summed E-state index contributed by atoms with van der Waals surface area (Å²) in [5.41, 5.74) is 3.57. The molecule has 0 saturated heterocycles. The Hall–Kier alpha value is -2.34. The summed E-state index contributed by atoms with van der Waals surface area (Å²) in [4.78, 5) is 11.8. The number of amides is 2. The number of benzene rings is 1. The highest BCUT2D eigenvalue weighted by Gasteiger charge is 2.11. The van der Waals surface area contributed by atoms with Crippen LogP contribution >= 0.6 is 0 Å². The fourth-order valence-corrected chi connectivity index (χ4v) is 2.04. The Bertz CT molecular complexity index is 636. The van der Waals surface area contributed by atoms with Crippen LogP contribution in [-0.2, 0) is 7.05 Å². The van der Waals surface area contributed by atoms with Crippen LogP contribution in [0.3, 0.4) is 0 Å². The third-order valence-corrected chi connectivity index (χ3v) is 3.20. The summed E-state index contributed by atoms with van der Waals surface area (Å²) in [5.74, 6) is 0. The van der Waals surface area contributed by atoms with Crippen molar-refractivity contribution in [2.45, 2.75) is 20.0 Å². The van der Waals surface area contributed by atoms with Gasteiger partial charge in [-0.2, -0.15) is 5.10 Å². The molecule has 3 N–H and O–H groups in total. The zero-order valence-electron chi connectivity index (χ0n) is 12.4. The fourth-order valence-electron chi connectivity index (χ4n) is 2.04. The Labute approximate surface area is 123 Å². The first-order chi connectivity index (χ1) is 9.95. The van der Waals surface area contributed by atoms with E-state index < -0.39 is 6.10 Å².